The lowest BCUT2D eigenvalue weighted by molar-refractivity contribution is -0.115. The Kier molecular flexibility index (Phi) is 6.01. The number of aliphatic hydroxyl groups is 2. The van der Waals surface area contributed by atoms with Gasteiger partial charge in [-0.05, 0) is 24.6 Å². The zero-order valence-electron chi connectivity index (χ0n) is 14.5. The summed E-state index contributed by atoms with van der Waals surface area (Å²) in [5.74, 6) is -2.23. The molecule has 2 heterocycles. The van der Waals surface area contributed by atoms with E-state index in [1.54, 1.807) is 12.1 Å². The fourth-order valence-electron chi connectivity index (χ4n) is 2.79. The molecule has 1 saturated heterocycles. The highest BCUT2D eigenvalue weighted by molar-refractivity contribution is 6.35. The fourth-order valence-corrected chi connectivity index (χ4v) is 3.26. The van der Waals surface area contributed by atoms with Crippen molar-refractivity contribution < 1.29 is 24.1 Å². The van der Waals surface area contributed by atoms with E-state index in [1.165, 1.54) is 13.0 Å². The third-order valence-electron chi connectivity index (χ3n) is 4.28. The molecule has 0 radical (unpaired) electrons. The molecule has 0 saturated carbocycles. The van der Waals surface area contributed by atoms with Crippen molar-refractivity contribution in [1.29, 1.82) is 0 Å². The molecule has 0 bridgehead atoms. The number of halogens is 3. The molecule has 1 amide bonds. The summed E-state index contributed by atoms with van der Waals surface area (Å²) in [5, 5.41) is 22.6. The highest BCUT2D eigenvalue weighted by Crippen LogP contribution is 2.28. The monoisotopic (exact) mass is 431 g/mol. The molecular weight excluding hydrogens is 416 g/mol. The van der Waals surface area contributed by atoms with E-state index in [-0.39, 0.29) is 11.4 Å². The van der Waals surface area contributed by atoms with Crippen molar-refractivity contribution >= 4 is 34.9 Å². The summed E-state index contributed by atoms with van der Waals surface area (Å²) in [5.41, 5.74) is -0.505. The lowest BCUT2D eigenvalue weighted by Crippen LogP contribution is -2.36. The third-order valence-corrected chi connectivity index (χ3v) is 4.87. The van der Waals surface area contributed by atoms with Crippen LogP contribution in [-0.2, 0) is 16.0 Å². The van der Waals surface area contributed by atoms with Crippen molar-refractivity contribution in [1.82, 2.24) is 9.55 Å². The highest BCUT2D eigenvalue weighted by Gasteiger charge is 2.42. The van der Waals surface area contributed by atoms with E-state index in [0.717, 1.165) is 10.8 Å². The zero-order valence-corrected chi connectivity index (χ0v) is 16.0. The Morgan fingerprint density at radius 2 is 2.07 bits per heavy atom. The van der Waals surface area contributed by atoms with Gasteiger partial charge in [0, 0.05) is 10.0 Å². The second kappa shape index (κ2) is 8.14. The molecule has 1 fully saturated rings. The highest BCUT2D eigenvalue weighted by atomic mass is 35.5. The number of ether oxygens (including phenoxy) is 1. The maximum Gasteiger partial charge on any atom is 0.351 e. The van der Waals surface area contributed by atoms with E-state index >= 15 is 0 Å². The number of carbonyl (C=O) groups excluding carboxylic acids is 1. The Hall–Kier alpha value is -2.04. The number of amides is 1. The number of benzene rings is 1. The summed E-state index contributed by atoms with van der Waals surface area (Å²) in [6.07, 6.45) is -4.15. The van der Waals surface area contributed by atoms with Crippen LogP contribution in [0.2, 0.25) is 10.0 Å². The van der Waals surface area contributed by atoms with E-state index in [9.17, 15) is 24.2 Å². The second-order valence-electron chi connectivity index (χ2n) is 6.30. The van der Waals surface area contributed by atoms with Crippen LogP contribution in [-0.4, -0.2) is 44.0 Å². The molecular formula is C17H16Cl2FN3O5. The minimum atomic E-state index is -1.43. The predicted octanol–water partition coefficient (Wildman–Crippen LogP) is 1.51. The molecule has 0 spiro atoms. The quantitative estimate of drug-likeness (QED) is 0.675. The number of hydrogen-bond donors (Lipinski definition) is 3. The summed E-state index contributed by atoms with van der Waals surface area (Å²) >= 11 is 11.8. The number of aromatic nitrogens is 2. The molecule has 3 N–H and O–H groups in total. The maximum absolute atomic E-state index is 14.4. The van der Waals surface area contributed by atoms with Gasteiger partial charge in [0.05, 0.1) is 18.7 Å². The van der Waals surface area contributed by atoms with Crippen LogP contribution in [0, 0.1) is 5.82 Å². The lowest BCUT2D eigenvalue weighted by atomic mass is 10.1. The van der Waals surface area contributed by atoms with Crippen molar-refractivity contribution in [2.75, 3.05) is 5.32 Å². The average Bonchev–Trinajstić information content (AvgIpc) is 2.87. The Morgan fingerprint density at radius 3 is 2.68 bits per heavy atom. The number of rotatable bonds is 4. The molecule has 0 aliphatic carbocycles. The molecule has 4 atom stereocenters. The van der Waals surface area contributed by atoms with Crippen LogP contribution in [0.3, 0.4) is 0 Å². The second-order valence-corrected chi connectivity index (χ2v) is 7.14. The van der Waals surface area contributed by atoms with Gasteiger partial charge in [0.1, 0.15) is 12.2 Å². The normalized spacial score (nSPS) is 24.4. The first-order valence-electron chi connectivity index (χ1n) is 8.21. The number of hydrogen-bond acceptors (Lipinski definition) is 6. The average molecular weight is 432 g/mol. The van der Waals surface area contributed by atoms with Crippen molar-refractivity contribution in [3.8, 4) is 0 Å². The third kappa shape index (κ3) is 4.18. The Labute approximate surface area is 168 Å². The summed E-state index contributed by atoms with van der Waals surface area (Å²) in [6.45, 7) is 1.50. The van der Waals surface area contributed by atoms with Crippen LogP contribution in [0.15, 0.2) is 29.2 Å². The molecule has 3 rings (SSSR count). The van der Waals surface area contributed by atoms with Gasteiger partial charge in [0.15, 0.2) is 17.9 Å². The fraction of sp³-hybridized carbons (Fsp3) is 0.353. The van der Waals surface area contributed by atoms with Gasteiger partial charge in [0.2, 0.25) is 5.91 Å². The smallest absolute Gasteiger partial charge is 0.351 e. The van der Waals surface area contributed by atoms with Crippen molar-refractivity contribution in [3.05, 3.63) is 56.3 Å². The first-order valence-corrected chi connectivity index (χ1v) is 8.97. The van der Waals surface area contributed by atoms with Crippen LogP contribution in [0.5, 0.6) is 0 Å². The van der Waals surface area contributed by atoms with Crippen molar-refractivity contribution in [2.24, 2.45) is 0 Å². The SMILES string of the molecule is C[C@H]1O[C@@H](n2cc(F)c(NC(=O)Cc3ccc(Cl)cc3Cl)nc2=O)[C@H](O)[C@@H]1O. The van der Waals surface area contributed by atoms with Gasteiger partial charge >= 0.3 is 5.69 Å². The van der Waals surface area contributed by atoms with Crippen molar-refractivity contribution in [2.45, 2.75) is 37.9 Å². The van der Waals surface area contributed by atoms with Gasteiger partial charge in [-0.25, -0.2) is 9.18 Å². The minimum absolute atomic E-state index is 0.186. The van der Waals surface area contributed by atoms with Gasteiger partial charge in [-0.2, -0.15) is 4.98 Å². The standard InChI is InChI=1S/C17H16Cl2FN3O5/c1-7-13(25)14(26)16(28-7)23-6-11(20)15(22-17(23)27)21-12(24)4-8-2-3-9(18)5-10(8)19/h2-3,5-7,13-14,16,25-26H,4H2,1H3,(H,21,22,24,27)/t7-,13-,14-,16-/m1/s1. The molecule has 150 valence electrons. The number of aliphatic hydroxyl groups excluding tert-OH is 2. The Bertz CT molecular complexity index is 970. The molecule has 8 nitrogen and oxygen atoms in total. The van der Waals surface area contributed by atoms with Crippen LogP contribution in [0.25, 0.3) is 0 Å². The number of anilines is 1. The Morgan fingerprint density at radius 1 is 1.36 bits per heavy atom. The van der Waals surface area contributed by atoms with E-state index in [1.807, 2.05) is 0 Å². The van der Waals surface area contributed by atoms with Gasteiger partial charge in [-0.1, -0.05) is 29.3 Å². The van der Waals surface area contributed by atoms with Gasteiger partial charge < -0.3 is 20.3 Å². The van der Waals surface area contributed by atoms with Crippen molar-refractivity contribution in [3.63, 3.8) is 0 Å². The molecule has 1 aromatic heterocycles. The summed E-state index contributed by atoms with van der Waals surface area (Å²) < 4.78 is 20.4. The first kappa shape index (κ1) is 20.7. The van der Waals surface area contributed by atoms with E-state index < -0.39 is 47.8 Å². The predicted molar refractivity (Wildman–Crippen MR) is 98.8 cm³/mol. The van der Waals surface area contributed by atoms with Crippen LogP contribution < -0.4 is 11.0 Å². The Balaban J connectivity index is 1.77. The summed E-state index contributed by atoms with van der Waals surface area (Å²) in [4.78, 5) is 27.8. The summed E-state index contributed by atoms with van der Waals surface area (Å²) in [6, 6.07) is 4.57. The minimum Gasteiger partial charge on any atom is -0.388 e. The lowest BCUT2D eigenvalue weighted by Gasteiger charge is -2.17. The number of nitrogens with one attached hydrogen (secondary N) is 1. The largest absolute Gasteiger partial charge is 0.388 e. The van der Waals surface area contributed by atoms with E-state index in [2.05, 4.69) is 10.3 Å². The van der Waals surface area contributed by atoms with E-state index in [0.29, 0.717) is 10.6 Å². The van der Waals surface area contributed by atoms with Crippen LogP contribution in [0.4, 0.5) is 10.2 Å². The molecule has 28 heavy (non-hydrogen) atoms. The molecule has 1 aliphatic rings. The molecule has 0 unspecified atom stereocenters. The van der Waals surface area contributed by atoms with Gasteiger partial charge in [-0.15, -0.1) is 0 Å². The molecule has 2 aromatic rings. The zero-order chi connectivity index (χ0) is 20.6. The maximum atomic E-state index is 14.4. The molecule has 11 heteroatoms. The summed E-state index contributed by atoms with van der Waals surface area (Å²) in [7, 11) is 0. The first-order chi connectivity index (χ1) is 13.2. The van der Waals surface area contributed by atoms with Gasteiger partial charge in [-0.3, -0.25) is 9.36 Å². The van der Waals surface area contributed by atoms with Gasteiger partial charge in [0.25, 0.3) is 0 Å². The molecule has 1 aromatic carbocycles. The topological polar surface area (TPSA) is 114 Å². The number of carbonyl (C=O) groups is 1. The number of nitrogens with zero attached hydrogens (tertiary/aromatic N) is 2. The van der Waals surface area contributed by atoms with E-state index in [4.69, 9.17) is 27.9 Å². The molecule has 1 aliphatic heterocycles. The van der Waals surface area contributed by atoms with Crippen LogP contribution >= 0.6 is 23.2 Å². The van der Waals surface area contributed by atoms with Crippen LogP contribution in [0.1, 0.15) is 18.7 Å².